The van der Waals surface area contributed by atoms with Gasteiger partial charge in [0.25, 0.3) is 5.91 Å². The molecule has 0 saturated carbocycles. The number of nitrogens with zero attached hydrogens (tertiary/aromatic N) is 1. The summed E-state index contributed by atoms with van der Waals surface area (Å²) < 4.78 is 28.9. The number of benzene rings is 2. The van der Waals surface area contributed by atoms with Gasteiger partial charge in [-0.05, 0) is 52.5 Å². The number of fused-ring (bicyclic) bond motifs is 1. The summed E-state index contributed by atoms with van der Waals surface area (Å²) in [5.74, 6) is -0.346. The normalized spacial score (nSPS) is 12.8. The van der Waals surface area contributed by atoms with Gasteiger partial charge in [-0.1, -0.05) is 37.3 Å². The van der Waals surface area contributed by atoms with Gasteiger partial charge in [-0.3, -0.25) is 4.79 Å². The van der Waals surface area contributed by atoms with Crippen LogP contribution in [0, 0.1) is 0 Å². The van der Waals surface area contributed by atoms with E-state index in [2.05, 4.69) is 15.0 Å². The number of thiazole rings is 1. The fraction of sp³-hybridized carbons (Fsp3) is 0.417. The molecule has 0 bridgehead atoms. The average molecular weight is 490 g/mol. The number of aromatic nitrogens is 1. The minimum absolute atomic E-state index is 0.110. The predicted octanol–water partition coefficient (Wildman–Crippen LogP) is 4.10. The highest BCUT2D eigenvalue weighted by atomic mass is 32.2. The van der Waals surface area contributed by atoms with E-state index in [1.54, 1.807) is 52.8 Å². The summed E-state index contributed by atoms with van der Waals surface area (Å²) in [5, 5.41) is 14.3. The van der Waals surface area contributed by atoms with E-state index in [4.69, 9.17) is 0 Å². The zero-order chi connectivity index (χ0) is 24.6. The van der Waals surface area contributed by atoms with E-state index in [1.165, 1.54) is 11.3 Å². The van der Waals surface area contributed by atoms with Gasteiger partial charge in [-0.25, -0.2) is 18.1 Å². The number of hydrogen-bond acceptors (Lipinski definition) is 6. The zero-order valence-electron chi connectivity index (χ0n) is 19.8. The van der Waals surface area contributed by atoms with E-state index in [0.717, 1.165) is 21.5 Å². The van der Waals surface area contributed by atoms with Gasteiger partial charge in [0.05, 0.1) is 21.1 Å². The van der Waals surface area contributed by atoms with E-state index < -0.39 is 21.2 Å². The van der Waals surface area contributed by atoms with Crippen molar-refractivity contribution in [2.24, 2.45) is 0 Å². The summed E-state index contributed by atoms with van der Waals surface area (Å²) >= 11 is 1.26. The van der Waals surface area contributed by atoms with Gasteiger partial charge < -0.3 is 10.4 Å². The molecule has 7 nitrogen and oxygen atoms in total. The van der Waals surface area contributed by atoms with Crippen molar-refractivity contribution in [2.45, 2.75) is 64.0 Å². The number of sulfonamides is 1. The monoisotopic (exact) mass is 489 g/mol. The number of carbonyl (C=O) groups excluding carboxylic acids is 1. The van der Waals surface area contributed by atoms with Crippen LogP contribution in [0.3, 0.4) is 0 Å². The van der Waals surface area contributed by atoms with Crippen LogP contribution in [0.1, 0.15) is 57.0 Å². The fourth-order valence-corrected chi connectivity index (χ4v) is 6.17. The third-order valence-corrected chi connectivity index (χ3v) is 7.71. The van der Waals surface area contributed by atoms with Gasteiger partial charge >= 0.3 is 0 Å². The fourth-order valence-electron chi connectivity index (χ4n) is 3.43. The maximum absolute atomic E-state index is 13.1. The van der Waals surface area contributed by atoms with Crippen molar-refractivity contribution in [3.63, 3.8) is 0 Å². The number of aliphatic hydroxyl groups is 1. The highest BCUT2D eigenvalue weighted by molar-refractivity contribution is 7.89. The van der Waals surface area contributed by atoms with Crippen molar-refractivity contribution < 1.29 is 18.3 Å². The minimum atomic E-state index is -3.74. The number of rotatable bonds is 7. The van der Waals surface area contributed by atoms with Gasteiger partial charge in [0.1, 0.15) is 0 Å². The van der Waals surface area contributed by atoms with Crippen LogP contribution >= 0.6 is 11.3 Å². The molecule has 9 heteroatoms. The molecule has 0 spiro atoms. The minimum Gasteiger partial charge on any atom is -0.389 e. The number of carbonyl (C=O) groups is 1. The van der Waals surface area contributed by atoms with Crippen LogP contribution in [0.5, 0.6) is 0 Å². The summed E-state index contributed by atoms with van der Waals surface area (Å²) in [6.45, 7) is 10.7. The molecule has 0 aliphatic rings. The molecule has 0 aliphatic heterocycles. The Morgan fingerprint density at radius 3 is 2.27 bits per heavy atom. The molecule has 3 N–H and O–H groups in total. The first-order valence-electron chi connectivity index (χ1n) is 10.8. The second-order valence-corrected chi connectivity index (χ2v) is 12.3. The number of amides is 1. The lowest BCUT2D eigenvalue weighted by atomic mass is 10.0. The van der Waals surface area contributed by atoms with Crippen molar-refractivity contribution in [3.05, 3.63) is 47.1 Å². The molecule has 0 saturated heterocycles. The number of nitrogens with one attached hydrogen (secondary N) is 2. The van der Waals surface area contributed by atoms with E-state index in [1.807, 2.05) is 25.1 Å². The Hall–Kier alpha value is -2.33. The van der Waals surface area contributed by atoms with E-state index in [0.29, 0.717) is 16.8 Å². The van der Waals surface area contributed by atoms with Crippen LogP contribution in [0.15, 0.2) is 41.3 Å². The van der Waals surface area contributed by atoms with Gasteiger partial charge in [-0.15, -0.1) is 11.3 Å². The lowest BCUT2D eigenvalue weighted by Gasteiger charge is -2.21. The smallest absolute Gasteiger partial charge is 0.280 e. The van der Waals surface area contributed by atoms with Gasteiger partial charge in [0, 0.05) is 23.0 Å². The molecular weight excluding hydrogens is 458 g/mol. The first-order chi connectivity index (χ1) is 15.2. The SMILES string of the molecule is CCc1nc(C(=O)NCC(C)(C)O)sc1-c1ccc(S(=O)(=O)NC(C)(C)C)c2ccccc12. The Bertz CT molecular complexity index is 1280. The molecule has 1 heterocycles. The lowest BCUT2D eigenvalue weighted by molar-refractivity contribution is 0.0694. The topological polar surface area (TPSA) is 108 Å². The Morgan fingerprint density at radius 2 is 1.70 bits per heavy atom. The highest BCUT2D eigenvalue weighted by Crippen LogP contribution is 2.38. The third kappa shape index (κ3) is 5.97. The summed E-state index contributed by atoms with van der Waals surface area (Å²) in [6, 6.07) is 10.7. The molecule has 33 heavy (non-hydrogen) atoms. The number of hydrogen-bond donors (Lipinski definition) is 3. The molecule has 1 aromatic heterocycles. The summed E-state index contributed by atoms with van der Waals surface area (Å²) in [5.41, 5.74) is -0.0443. The van der Waals surface area contributed by atoms with Crippen LogP contribution in [0.25, 0.3) is 21.2 Å². The molecule has 3 rings (SSSR count). The predicted molar refractivity (Wildman–Crippen MR) is 133 cm³/mol. The highest BCUT2D eigenvalue weighted by Gasteiger charge is 2.26. The molecule has 0 radical (unpaired) electrons. The maximum Gasteiger partial charge on any atom is 0.280 e. The van der Waals surface area contributed by atoms with Crippen molar-refractivity contribution >= 4 is 38.0 Å². The summed E-state index contributed by atoms with van der Waals surface area (Å²) in [6.07, 6.45) is 0.616. The standard InChI is InChI=1S/C24H31N3O4S2/c1-7-18-20(32-22(26-18)21(28)25-14-24(5,6)29)17-12-13-19(16-11-9-8-10-15(16)17)33(30,31)27-23(2,3)4/h8-13,27,29H,7,14H2,1-6H3,(H,25,28). The van der Waals surface area contributed by atoms with Crippen molar-refractivity contribution in [1.29, 1.82) is 0 Å². The Kier molecular flexibility index (Phi) is 7.00. The quantitative estimate of drug-likeness (QED) is 0.463. The third-order valence-electron chi connectivity index (χ3n) is 4.77. The van der Waals surface area contributed by atoms with Crippen LogP contribution in [-0.4, -0.2) is 42.1 Å². The van der Waals surface area contributed by atoms with Crippen molar-refractivity contribution in [2.75, 3.05) is 6.54 Å². The van der Waals surface area contributed by atoms with Gasteiger partial charge in [0.2, 0.25) is 10.0 Å². The van der Waals surface area contributed by atoms with E-state index >= 15 is 0 Å². The first-order valence-corrected chi connectivity index (χ1v) is 13.1. The molecule has 2 aromatic carbocycles. The molecule has 1 amide bonds. The first kappa shape index (κ1) is 25.3. The molecule has 178 valence electrons. The van der Waals surface area contributed by atoms with Gasteiger partial charge in [-0.2, -0.15) is 0 Å². The van der Waals surface area contributed by atoms with Crippen LogP contribution in [0.4, 0.5) is 0 Å². The van der Waals surface area contributed by atoms with Crippen LogP contribution in [-0.2, 0) is 16.4 Å². The van der Waals surface area contributed by atoms with E-state index in [-0.39, 0.29) is 17.3 Å². The maximum atomic E-state index is 13.1. The van der Waals surface area contributed by atoms with E-state index in [9.17, 15) is 18.3 Å². The second kappa shape index (κ2) is 9.13. The molecule has 0 aliphatic carbocycles. The van der Waals surface area contributed by atoms with Crippen LogP contribution < -0.4 is 10.0 Å². The van der Waals surface area contributed by atoms with Crippen molar-refractivity contribution in [1.82, 2.24) is 15.0 Å². The Labute approximate surface area is 199 Å². The largest absolute Gasteiger partial charge is 0.389 e. The number of aryl methyl sites for hydroxylation is 1. The molecular formula is C24H31N3O4S2. The van der Waals surface area contributed by atoms with Crippen LogP contribution in [0.2, 0.25) is 0 Å². The van der Waals surface area contributed by atoms with Gasteiger partial charge in [0.15, 0.2) is 5.01 Å². The second-order valence-electron chi connectivity index (χ2n) is 9.66. The average Bonchev–Trinajstić information content (AvgIpc) is 3.13. The van der Waals surface area contributed by atoms with Crippen molar-refractivity contribution in [3.8, 4) is 10.4 Å². The summed E-state index contributed by atoms with van der Waals surface area (Å²) in [7, 11) is -3.74. The lowest BCUT2D eigenvalue weighted by Crippen LogP contribution is -2.40. The Balaban J connectivity index is 2.11. The molecule has 0 fully saturated rings. The molecule has 0 unspecified atom stereocenters. The Morgan fingerprint density at radius 1 is 1.06 bits per heavy atom. The molecule has 0 atom stereocenters. The zero-order valence-corrected chi connectivity index (χ0v) is 21.4. The summed E-state index contributed by atoms with van der Waals surface area (Å²) in [4.78, 5) is 18.2. The molecule has 3 aromatic rings.